The monoisotopic (exact) mass is 542 g/mol. The van der Waals surface area contributed by atoms with Gasteiger partial charge >= 0.3 is 12.1 Å². The summed E-state index contributed by atoms with van der Waals surface area (Å²) in [6.45, 7) is 1.87. The molecule has 2 aromatic rings. The highest BCUT2D eigenvalue weighted by atomic mass is 32.2. The number of methoxy groups -OCH3 is 1. The van der Waals surface area contributed by atoms with E-state index < -0.39 is 40.7 Å². The number of amides is 2. The minimum Gasteiger partial charge on any atom is -0.469 e. The van der Waals surface area contributed by atoms with Crippen LogP contribution in [0.2, 0.25) is 0 Å². The van der Waals surface area contributed by atoms with Gasteiger partial charge in [0.15, 0.2) is 0 Å². The Morgan fingerprint density at radius 3 is 2.34 bits per heavy atom. The van der Waals surface area contributed by atoms with Crippen LogP contribution in [0.4, 0.5) is 18.9 Å². The Hall–Kier alpha value is -4.24. The van der Waals surface area contributed by atoms with Gasteiger partial charge in [0, 0.05) is 5.69 Å². The number of rotatable bonds is 5. The first-order chi connectivity index (χ1) is 18.0. The number of nitrogens with zero attached hydrogens (tertiary/aromatic N) is 2. The number of hydrogen-bond acceptors (Lipinski definition) is 7. The van der Waals surface area contributed by atoms with Crippen LogP contribution in [0.5, 0.6) is 0 Å². The summed E-state index contributed by atoms with van der Waals surface area (Å²) in [5, 5.41) is 11.9. The normalized spacial score (nSPS) is 19.3. The number of benzene rings is 2. The van der Waals surface area contributed by atoms with Crippen molar-refractivity contribution in [3.8, 4) is 6.07 Å². The number of allylic oxidation sites excluding steroid dienone is 1. The Bertz CT molecular complexity index is 1410. The molecule has 2 aromatic carbocycles. The van der Waals surface area contributed by atoms with Gasteiger partial charge in [-0.1, -0.05) is 41.6 Å². The molecule has 2 aliphatic heterocycles. The van der Waals surface area contributed by atoms with Crippen LogP contribution in [-0.4, -0.2) is 35.0 Å². The molecule has 0 spiro atoms. The molecule has 2 atom stereocenters. The van der Waals surface area contributed by atoms with E-state index in [2.05, 4.69) is 10.1 Å². The number of nitrogens with two attached hydrogens (primary N) is 1. The van der Waals surface area contributed by atoms with E-state index in [-0.39, 0.29) is 34.0 Å². The van der Waals surface area contributed by atoms with Crippen LogP contribution in [0.25, 0.3) is 0 Å². The average molecular weight is 543 g/mol. The lowest BCUT2D eigenvalue weighted by molar-refractivity contribution is -0.142. The molecule has 8 nitrogen and oxygen atoms in total. The highest BCUT2D eigenvalue weighted by Crippen LogP contribution is 2.50. The number of esters is 1. The number of carbonyl (C=O) groups is 3. The minimum atomic E-state index is -4.59. The zero-order valence-corrected chi connectivity index (χ0v) is 20.9. The molecule has 4 rings (SSSR count). The summed E-state index contributed by atoms with van der Waals surface area (Å²) < 4.78 is 44.3. The lowest BCUT2D eigenvalue weighted by Crippen LogP contribution is -2.39. The van der Waals surface area contributed by atoms with Crippen LogP contribution in [0.15, 0.2) is 70.5 Å². The van der Waals surface area contributed by atoms with E-state index in [0.29, 0.717) is 5.69 Å². The quantitative estimate of drug-likeness (QED) is 0.544. The standard InChI is InChI=1S/C26H21F3N4O4S/c1-13-3-9-16(10-4-13)32-23(35)21-20(14-5-7-15(8-6-14)26(27,28)29)17(12-30)22(31)33-24(36)18(38-25(21)33)11-19(34)37-2/h3-10,18,20H,11,31H2,1-2H3,(H,32,35)/t18-,20+/m1/s1. The van der Waals surface area contributed by atoms with Crippen molar-refractivity contribution in [3.05, 3.63) is 87.2 Å². The van der Waals surface area contributed by atoms with Crippen LogP contribution in [0.3, 0.4) is 0 Å². The van der Waals surface area contributed by atoms with Crippen LogP contribution in [0, 0.1) is 18.3 Å². The fourth-order valence-electron chi connectivity index (χ4n) is 4.18. The van der Waals surface area contributed by atoms with Crippen LogP contribution < -0.4 is 11.1 Å². The lowest BCUT2D eigenvalue weighted by Gasteiger charge is -2.32. The molecule has 2 aliphatic rings. The number of aryl methyl sites for hydroxylation is 1. The second kappa shape index (κ2) is 10.3. The first-order valence-corrected chi connectivity index (χ1v) is 12.1. The second-order valence-electron chi connectivity index (χ2n) is 8.56. The number of anilines is 1. The topological polar surface area (TPSA) is 126 Å². The number of carbonyl (C=O) groups excluding carboxylic acids is 3. The minimum absolute atomic E-state index is 0.0539. The van der Waals surface area contributed by atoms with Gasteiger partial charge in [-0.25, -0.2) is 0 Å². The van der Waals surface area contributed by atoms with Gasteiger partial charge in [-0.2, -0.15) is 18.4 Å². The van der Waals surface area contributed by atoms with E-state index >= 15 is 0 Å². The molecule has 2 heterocycles. The van der Waals surface area contributed by atoms with Gasteiger partial charge in [0.1, 0.15) is 11.1 Å². The molecular formula is C26H21F3N4O4S. The maximum Gasteiger partial charge on any atom is 0.416 e. The fraction of sp³-hybridized carbons (Fsp3) is 0.231. The molecule has 0 saturated carbocycles. The van der Waals surface area contributed by atoms with Crippen molar-refractivity contribution in [2.75, 3.05) is 12.4 Å². The number of thioether (sulfide) groups is 1. The number of nitriles is 1. The van der Waals surface area contributed by atoms with Gasteiger partial charge in [-0.3, -0.25) is 19.3 Å². The van der Waals surface area contributed by atoms with Crippen molar-refractivity contribution in [2.45, 2.75) is 30.7 Å². The zero-order chi connectivity index (χ0) is 27.8. The number of fused-ring (bicyclic) bond motifs is 1. The largest absolute Gasteiger partial charge is 0.469 e. The molecule has 1 saturated heterocycles. The predicted molar refractivity (Wildman–Crippen MR) is 133 cm³/mol. The lowest BCUT2D eigenvalue weighted by atomic mass is 9.82. The van der Waals surface area contributed by atoms with E-state index in [0.717, 1.165) is 34.4 Å². The molecule has 38 heavy (non-hydrogen) atoms. The molecule has 0 radical (unpaired) electrons. The Balaban J connectivity index is 1.87. The molecule has 12 heteroatoms. The Morgan fingerprint density at radius 1 is 1.16 bits per heavy atom. The van der Waals surface area contributed by atoms with Crippen LogP contribution in [-0.2, 0) is 25.3 Å². The van der Waals surface area contributed by atoms with Gasteiger partial charge in [-0.15, -0.1) is 0 Å². The van der Waals surface area contributed by atoms with E-state index in [1.807, 2.05) is 13.0 Å². The molecule has 0 aliphatic carbocycles. The summed E-state index contributed by atoms with van der Waals surface area (Å²) in [6, 6.07) is 12.8. The van der Waals surface area contributed by atoms with E-state index in [1.165, 1.54) is 19.2 Å². The van der Waals surface area contributed by atoms with Gasteiger partial charge in [0.25, 0.3) is 5.91 Å². The van der Waals surface area contributed by atoms with Crippen molar-refractivity contribution in [3.63, 3.8) is 0 Å². The predicted octanol–water partition coefficient (Wildman–Crippen LogP) is 4.16. The number of ether oxygens (including phenoxy) is 1. The number of alkyl halides is 3. The Kier molecular flexibility index (Phi) is 7.24. The van der Waals surface area contributed by atoms with Crippen molar-refractivity contribution in [1.29, 1.82) is 5.26 Å². The van der Waals surface area contributed by atoms with E-state index in [9.17, 15) is 32.8 Å². The van der Waals surface area contributed by atoms with Crippen molar-refractivity contribution in [1.82, 2.24) is 4.90 Å². The molecular weight excluding hydrogens is 521 g/mol. The van der Waals surface area contributed by atoms with Gasteiger partial charge in [-0.05, 0) is 36.8 Å². The maximum absolute atomic E-state index is 13.7. The number of hydrogen-bond donors (Lipinski definition) is 2. The summed E-state index contributed by atoms with van der Waals surface area (Å²) in [5.41, 5.74) is 6.66. The van der Waals surface area contributed by atoms with Gasteiger partial charge < -0.3 is 15.8 Å². The molecule has 2 amide bonds. The highest BCUT2D eigenvalue weighted by molar-refractivity contribution is 8.04. The van der Waals surface area contributed by atoms with Crippen LogP contribution >= 0.6 is 11.8 Å². The van der Waals surface area contributed by atoms with Gasteiger partial charge in [0.2, 0.25) is 5.91 Å². The first-order valence-electron chi connectivity index (χ1n) is 11.2. The summed E-state index contributed by atoms with van der Waals surface area (Å²) in [7, 11) is 1.17. The third-order valence-corrected chi connectivity index (χ3v) is 7.38. The van der Waals surface area contributed by atoms with E-state index in [1.54, 1.807) is 24.3 Å². The fourth-order valence-corrected chi connectivity index (χ4v) is 5.50. The summed E-state index contributed by atoms with van der Waals surface area (Å²) in [6.07, 6.45) is -4.90. The molecule has 3 N–H and O–H groups in total. The van der Waals surface area contributed by atoms with Gasteiger partial charge in [0.05, 0.1) is 47.3 Å². The van der Waals surface area contributed by atoms with E-state index in [4.69, 9.17) is 5.73 Å². The zero-order valence-electron chi connectivity index (χ0n) is 20.1. The molecule has 0 unspecified atom stereocenters. The smallest absolute Gasteiger partial charge is 0.416 e. The van der Waals surface area contributed by atoms with Crippen molar-refractivity contribution >= 4 is 35.2 Å². The SMILES string of the molecule is COC(=O)C[C@H]1SC2=C(C(=O)Nc3ccc(C)cc3)[C@@H](c3ccc(C(F)(F)F)cc3)C(C#N)=C(N)N2C1=O. The Morgan fingerprint density at radius 2 is 1.79 bits per heavy atom. The molecule has 0 aromatic heterocycles. The van der Waals surface area contributed by atoms with Crippen LogP contribution in [0.1, 0.15) is 29.0 Å². The van der Waals surface area contributed by atoms with Crippen molar-refractivity contribution < 1.29 is 32.3 Å². The number of halogens is 3. The maximum atomic E-state index is 13.7. The average Bonchev–Trinajstić information content (AvgIpc) is 3.20. The number of nitrogens with one attached hydrogen (secondary N) is 1. The second-order valence-corrected chi connectivity index (χ2v) is 9.75. The molecule has 196 valence electrons. The summed E-state index contributed by atoms with van der Waals surface area (Å²) in [5.74, 6) is -3.39. The third-order valence-electron chi connectivity index (χ3n) is 6.10. The Labute approximate surface area is 219 Å². The molecule has 0 bridgehead atoms. The first kappa shape index (κ1) is 26.8. The third kappa shape index (κ3) is 4.97. The molecule has 1 fully saturated rings. The van der Waals surface area contributed by atoms with Crippen molar-refractivity contribution in [2.24, 2.45) is 5.73 Å². The highest BCUT2D eigenvalue weighted by Gasteiger charge is 2.48. The summed E-state index contributed by atoms with van der Waals surface area (Å²) in [4.78, 5) is 39.8. The summed E-state index contributed by atoms with van der Waals surface area (Å²) >= 11 is 0.909.